The molecule has 0 atom stereocenters. The second-order valence-corrected chi connectivity index (χ2v) is 6.17. The van der Waals surface area contributed by atoms with E-state index < -0.39 is 10.0 Å². The molecule has 0 saturated heterocycles. The summed E-state index contributed by atoms with van der Waals surface area (Å²) in [6.07, 6.45) is 0. The van der Waals surface area contributed by atoms with Gasteiger partial charge in [0.2, 0.25) is 10.0 Å². The van der Waals surface area contributed by atoms with Gasteiger partial charge in [-0.25, -0.2) is 12.7 Å². The van der Waals surface area contributed by atoms with E-state index in [2.05, 4.69) is 0 Å². The van der Waals surface area contributed by atoms with Crippen LogP contribution in [-0.4, -0.2) is 37.1 Å². The zero-order valence-corrected chi connectivity index (χ0v) is 10.5. The van der Waals surface area contributed by atoms with Gasteiger partial charge in [0.15, 0.2) is 0 Å². The minimum Gasteiger partial charge on any atom is -0.348 e. The molecular weight excluding hydrogens is 212 g/mol. The lowest BCUT2D eigenvalue weighted by molar-refractivity contribution is 0.514. The Hall–Kier alpha value is -0.810. The molecule has 0 spiro atoms. The van der Waals surface area contributed by atoms with Gasteiger partial charge in [0.05, 0.1) is 5.75 Å². The zero-order valence-electron chi connectivity index (χ0n) is 9.69. The average molecular weight is 230 g/mol. The Morgan fingerprint density at radius 3 is 2.07 bits per heavy atom. The third-order valence-electron chi connectivity index (χ3n) is 2.55. The quantitative estimate of drug-likeness (QED) is 0.774. The van der Waals surface area contributed by atoms with E-state index >= 15 is 0 Å². The Morgan fingerprint density at radius 1 is 1.20 bits per heavy atom. The maximum Gasteiger partial charge on any atom is 0.215 e. The summed E-state index contributed by atoms with van der Waals surface area (Å²) >= 11 is 0. The number of aryl methyl sites for hydroxylation is 2. The molecule has 0 saturated carbocycles. The Kier molecular flexibility index (Phi) is 3.57. The Morgan fingerprint density at radius 2 is 1.67 bits per heavy atom. The Balaban J connectivity index is 2.74. The summed E-state index contributed by atoms with van der Waals surface area (Å²) in [6, 6.07) is 4.00. The molecule has 0 fully saturated rings. The van der Waals surface area contributed by atoms with Crippen molar-refractivity contribution in [3.8, 4) is 0 Å². The van der Waals surface area contributed by atoms with Gasteiger partial charge in [-0.3, -0.25) is 0 Å². The first-order valence-electron chi connectivity index (χ1n) is 4.87. The predicted octanol–water partition coefficient (Wildman–Crippen LogP) is 0.996. The molecule has 1 aromatic heterocycles. The summed E-state index contributed by atoms with van der Waals surface area (Å²) < 4.78 is 26.4. The van der Waals surface area contributed by atoms with Crippen LogP contribution in [0.25, 0.3) is 0 Å². The lowest BCUT2D eigenvalue weighted by Gasteiger charge is -2.13. The minimum absolute atomic E-state index is 0.149. The fourth-order valence-electron chi connectivity index (χ4n) is 1.44. The van der Waals surface area contributed by atoms with Crippen molar-refractivity contribution in [3.63, 3.8) is 0 Å². The van der Waals surface area contributed by atoms with Crippen molar-refractivity contribution >= 4 is 10.0 Å². The number of sulfonamides is 1. The Labute approximate surface area is 91.6 Å². The second-order valence-electron chi connectivity index (χ2n) is 3.87. The van der Waals surface area contributed by atoms with E-state index in [9.17, 15) is 8.42 Å². The Bertz CT molecular complexity index is 413. The SMILES string of the molecule is Cc1ccc(C)n1CCS(=O)(=O)N(C)C. The third kappa shape index (κ3) is 2.82. The first-order valence-corrected chi connectivity index (χ1v) is 6.48. The molecule has 15 heavy (non-hydrogen) atoms. The van der Waals surface area contributed by atoms with E-state index in [1.54, 1.807) is 14.1 Å². The third-order valence-corrected chi connectivity index (χ3v) is 4.36. The number of nitrogens with zero attached hydrogens (tertiary/aromatic N) is 2. The van der Waals surface area contributed by atoms with Crippen molar-refractivity contribution in [3.05, 3.63) is 23.5 Å². The molecule has 0 amide bonds. The molecule has 5 heteroatoms. The summed E-state index contributed by atoms with van der Waals surface area (Å²) in [5, 5.41) is 0. The van der Waals surface area contributed by atoms with E-state index in [1.807, 2.05) is 30.5 Å². The molecule has 0 unspecified atom stereocenters. The number of aromatic nitrogens is 1. The van der Waals surface area contributed by atoms with Gasteiger partial charge in [-0.15, -0.1) is 0 Å². The van der Waals surface area contributed by atoms with Crippen LogP contribution in [0, 0.1) is 13.8 Å². The summed E-state index contributed by atoms with van der Waals surface area (Å²) in [7, 11) is 0.0252. The molecule has 86 valence electrons. The van der Waals surface area contributed by atoms with Crippen LogP contribution in [0.4, 0.5) is 0 Å². The molecule has 1 rings (SSSR count). The van der Waals surface area contributed by atoms with Crippen molar-refractivity contribution in [2.45, 2.75) is 20.4 Å². The molecule has 4 nitrogen and oxygen atoms in total. The molecule has 0 aliphatic rings. The van der Waals surface area contributed by atoms with Gasteiger partial charge in [0.25, 0.3) is 0 Å². The molecule has 1 aromatic rings. The maximum absolute atomic E-state index is 11.6. The molecular formula is C10H18N2O2S. The van der Waals surface area contributed by atoms with E-state index in [-0.39, 0.29) is 5.75 Å². The van der Waals surface area contributed by atoms with E-state index in [1.165, 1.54) is 4.31 Å². The lowest BCUT2D eigenvalue weighted by Crippen LogP contribution is -2.27. The van der Waals surface area contributed by atoms with Crippen LogP contribution >= 0.6 is 0 Å². The maximum atomic E-state index is 11.6. The highest BCUT2D eigenvalue weighted by Crippen LogP contribution is 2.08. The fraction of sp³-hybridized carbons (Fsp3) is 0.600. The number of hydrogen-bond donors (Lipinski definition) is 0. The topological polar surface area (TPSA) is 42.3 Å². The van der Waals surface area contributed by atoms with Crippen molar-refractivity contribution in [1.82, 2.24) is 8.87 Å². The van der Waals surface area contributed by atoms with Crippen molar-refractivity contribution < 1.29 is 8.42 Å². The van der Waals surface area contributed by atoms with Crippen LogP contribution in [0.2, 0.25) is 0 Å². The first kappa shape index (κ1) is 12.3. The lowest BCUT2D eigenvalue weighted by atomic mass is 10.5. The summed E-state index contributed by atoms with van der Waals surface area (Å²) in [5.41, 5.74) is 2.20. The predicted molar refractivity (Wildman–Crippen MR) is 61.4 cm³/mol. The highest BCUT2D eigenvalue weighted by Gasteiger charge is 2.14. The van der Waals surface area contributed by atoms with Crippen LogP contribution in [-0.2, 0) is 16.6 Å². The van der Waals surface area contributed by atoms with Gasteiger partial charge in [-0.1, -0.05) is 0 Å². The minimum atomic E-state index is -3.10. The van der Waals surface area contributed by atoms with E-state index in [0.717, 1.165) is 11.4 Å². The van der Waals surface area contributed by atoms with Gasteiger partial charge in [0.1, 0.15) is 0 Å². The van der Waals surface area contributed by atoms with E-state index in [4.69, 9.17) is 0 Å². The van der Waals surface area contributed by atoms with Crippen molar-refractivity contribution in [1.29, 1.82) is 0 Å². The fourth-order valence-corrected chi connectivity index (χ4v) is 2.22. The highest BCUT2D eigenvalue weighted by molar-refractivity contribution is 7.89. The van der Waals surface area contributed by atoms with Gasteiger partial charge in [-0.05, 0) is 26.0 Å². The largest absolute Gasteiger partial charge is 0.348 e. The van der Waals surface area contributed by atoms with Crippen LogP contribution in [0.3, 0.4) is 0 Å². The van der Waals surface area contributed by atoms with Gasteiger partial charge in [-0.2, -0.15) is 0 Å². The molecule has 0 aliphatic heterocycles. The van der Waals surface area contributed by atoms with Crippen molar-refractivity contribution in [2.75, 3.05) is 19.8 Å². The van der Waals surface area contributed by atoms with Gasteiger partial charge in [0, 0.05) is 32.0 Å². The molecule has 1 heterocycles. The monoisotopic (exact) mass is 230 g/mol. The smallest absolute Gasteiger partial charge is 0.215 e. The average Bonchev–Trinajstić information content (AvgIpc) is 2.43. The number of hydrogen-bond acceptors (Lipinski definition) is 2. The van der Waals surface area contributed by atoms with Crippen LogP contribution in [0.5, 0.6) is 0 Å². The molecule has 0 bridgehead atoms. The van der Waals surface area contributed by atoms with Gasteiger partial charge < -0.3 is 4.57 Å². The molecule has 0 aromatic carbocycles. The molecule has 0 N–H and O–H groups in total. The van der Waals surface area contributed by atoms with Crippen LogP contribution in [0.1, 0.15) is 11.4 Å². The second kappa shape index (κ2) is 4.37. The highest BCUT2D eigenvalue weighted by atomic mass is 32.2. The van der Waals surface area contributed by atoms with Crippen LogP contribution in [0.15, 0.2) is 12.1 Å². The summed E-state index contributed by atoms with van der Waals surface area (Å²) in [4.78, 5) is 0. The van der Waals surface area contributed by atoms with E-state index in [0.29, 0.717) is 6.54 Å². The number of rotatable bonds is 4. The molecule has 0 aliphatic carbocycles. The van der Waals surface area contributed by atoms with Gasteiger partial charge >= 0.3 is 0 Å². The van der Waals surface area contributed by atoms with Crippen LogP contribution < -0.4 is 0 Å². The standard InChI is InChI=1S/C10H18N2O2S/c1-9-5-6-10(2)12(9)7-8-15(13,14)11(3)4/h5-6H,7-8H2,1-4H3. The summed E-state index contributed by atoms with van der Waals surface area (Å²) in [5.74, 6) is 0.149. The van der Waals surface area contributed by atoms with Crippen molar-refractivity contribution in [2.24, 2.45) is 0 Å². The first-order chi connectivity index (χ1) is 6.84. The molecule has 0 radical (unpaired) electrons. The summed E-state index contributed by atoms with van der Waals surface area (Å²) in [6.45, 7) is 4.48. The normalized spacial score (nSPS) is 12.3. The zero-order chi connectivity index (χ0) is 11.6.